The number of nitrogens with zero attached hydrogens (tertiary/aromatic N) is 2. The molecule has 126 valence electrons. The molecule has 1 aromatic carbocycles. The molecule has 0 bridgehead atoms. The first-order valence-electron chi connectivity index (χ1n) is 8.59. The van der Waals surface area contributed by atoms with Crippen LogP contribution in [0.3, 0.4) is 0 Å². The first-order chi connectivity index (χ1) is 11.0. The summed E-state index contributed by atoms with van der Waals surface area (Å²) in [5, 5.41) is 4.53. The van der Waals surface area contributed by atoms with E-state index in [1.54, 1.807) is 0 Å². The van der Waals surface area contributed by atoms with Crippen molar-refractivity contribution >= 4 is 21.6 Å². The molecule has 0 spiro atoms. The third kappa shape index (κ3) is 3.14. The Morgan fingerprint density at radius 1 is 1.39 bits per heavy atom. The Morgan fingerprint density at radius 2 is 2.17 bits per heavy atom. The van der Waals surface area contributed by atoms with Crippen molar-refractivity contribution in [3.8, 4) is 0 Å². The second-order valence-corrected chi connectivity index (χ2v) is 7.70. The highest BCUT2D eigenvalue weighted by Gasteiger charge is 2.31. The van der Waals surface area contributed by atoms with Gasteiger partial charge < -0.3 is 5.32 Å². The van der Waals surface area contributed by atoms with E-state index in [1.807, 2.05) is 19.1 Å². The van der Waals surface area contributed by atoms with Crippen LogP contribution in [0.2, 0.25) is 0 Å². The second kappa shape index (κ2) is 6.83. The fourth-order valence-corrected chi connectivity index (χ4v) is 4.47. The van der Waals surface area contributed by atoms with Gasteiger partial charge in [-0.15, -0.1) is 11.3 Å². The average Bonchev–Trinajstić information content (AvgIpc) is 2.95. The fraction of sp³-hybridized carbons (Fsp3) is 0.611. The smallest absolute Gasteiger partial charge is 0.147 e. The molecule has 0 amide bonds. The number of hydrogen-bond acceptors (Lipinski definition) is 4. The number of halogens is 1. The van der Waals surface area contributed by atoms with E-state index in [4.69, 9.17) is 0 Å². The molecule has 1 aliphatic rings. The number of rotatable bonds is 4. The molecule has 1 N–H and O–H groups in total. The molecular formula is C18H26FN3S. The molecule has 1 aromatic heterocycles. The SMILES string of the molecule is CC[C@H]1CN(C(C)c2ccc3nc(C)sc3c2F)[C@H](CC)CN1. The van der Waals surface area contributed by atoms with Crippen molar-refractivity contribution in [3.05, 3.63) is 28.5 Å². The van der Waals surface area contributed by atoms with Gasteiger partial charge in [0.15, 0.2) is 0 Å². The summed E-state index contributed by atoms with van der Waals surface area (Å²) < 4.78 is 15.7. The summed E-state index contributed by atoms with van der Waals surface area (Å²) >= 11 is 1.45. The van der Waals surface area contributed by atoms with Gasteiger partial charge in [0.2, 0.25) is 0 Å². The normalized spacial score (nSPS) is 24.2. The summed E-state index contributed by atoms with van der Waals surface area (Å²) in [4.78, 5) is 6.87. The van der Waals surface area contributed by atoms with Crippen LogP contribution in [0.25, 0.3) is 10.2 Å². The third-order valence-electron chi connectivity index (χ3n) is 5.09. The van der Waals surface area contributed by atoms with Crippen LogP contribution in [0.5, 0.6) is 0 Å². The highest BCUT2D eigenvalue weighted by atomic mass is 32.1. The number of benzene rings is 1. The summed E-state index contributed by atoms with van der Waals surface area (Å²) in [6.07, 6.45) is 2.19. The van der Waals surface area contributed by atoms with Crippen LogP contribution >= 0.6 is 11.3 Å². The molecule has 5 heteroatoms. The molecule has 2 aromatic rings. The third-order valence-corrected chi connectivity index (χ3v) is 6.07. The van der Waals surface area contributed by atoms with E-state index in [-0.39, 0.29) is 11.9 Å². The van der Waals surface area contributed by atoms with E-state index in [0.29, 0.717) is 16.8 Å². The molecule has 23 heavy (non-hydrogen) atoms. The van der Waals surface area contributed by atoms with Crippen molar-refractivity contribution in [3.63, 3.8) is 0 Å². The minimum atomic E-state index is -0.0814. The van der Waals surface area contributed by atoms with Crippen LogP contribution in [0.4, 0.5) is 4.39 Å². The molecule has 3 atom stereocenters. The molecule has 0 saturated carbocycles. The quantitative estimate of drug-likeness (QED) is 0.904. The Kier molecular flexibility index (Phi) is 4.99. The van der Waals surface area contributed by atoms with Crippen molar-refractivity contribution < 1.29 is 4.39 Å². The summed E-state index contributed by atoms with van der Waals surface area (Å²) in [5.74, 6) is -0.0814. The van der Waals surface area contributed by atoms with Gasteiger partial charge in [-0.1, -0.05) is 19.9 Å². The number of aromatic nitrogens is 1. The summed E-state index contributed by atoms with van der Waals surface area (Å²) in [6, 6.07) is 4.94. The van der Waals surface area contributed by atoms with Gasteiger partial charge in [0.05, 0.1) is 15.2 Å². The van der Waals surface area contributed by atoms with Gasteiger partial charge in [-0.25, -0.2) is 9.37 Å². The maximum absolute atomic E-state index is 15.0. The van der Waals surface area contributed by atoms with Crippen LogP contribution in [0.1, 0.15) is 50.2 Å². The van der Waals surface area contributed by atoms with Crippen molar-refractivity contribution in [1.29, 1.82) is 0 Å². The van der Waals surface area contributed by atoms with E-state index in [1.165, 1.54) is 11.3 Å². The first kappa shape index (κ1) is 16.8. The lowest BCUT2D eigenvalue weighted by atomic mass is 9.98. The van der Waals surface area contributed by atoms with Crippen molar-refractivity contribution in [2.45, 2.75) is 58.7 Å². The van der Waals surface area contributed by atoms with Gasteiger partial charge in [-0.05, 0) is 32.8 Å². The van der Waals surface area contributed by atoms with Gasteiger partial charge in [-0.2, -0.15) is 0 Å². The lowest BCUT2D eigenvalue weighted by molar-refractivity contribution is 0.0835. The molecule has 3 rings (SSSR count). The van der Waals surface area contributed by atoms with Crippen LogP contribution < -0.4 is 5.32 Å². The van der Waals surface area contributed by atoms with Crippen LogP contribution in [0, 0.1) is 12.7 Å². The lowest BCUT2D eigenvalue weighted by Crippen LogP contribution is -2.56. The van der Waals surface area contributed by atoms with Gasteiger partial charge in [0.25, 0.3) is 0 Å². The van der Waals surface area contributed by atoms with E-state index in [9.17, 15) is 0 Å². The number of piperazine rings is 1. The lowest BCUT2D eigenvalue weighted by Gasteiger charge is -2.43. The minimum Gasteiger partial charge on any atom is -0.311 e. The molecule has 1 unspecified atom stereocenters. The molecule has 1 aliphatic heterocycles. The fourth-order valence-electron chi connectivity index (χ4n) is 3.60. The molecule has 0 aliphatic carbocycles. The number of fused-ring (bicyclic) bond motifs is 1. The summed E-state index contributed by atoms with van der Waals surface area (Å²) in [7, 11) is 0. The van der Waals surface area contributed by atoms with Crippen molar-refractivity contribution in [2.24, 2.45) is 0 Å². The number of thiazole rings is 1. The largest absolute Gasteiger partial charge is 0.311 e. The zero-order chi connectivity index (χ0) is 16.6. The monoisotopic (exact) mass is 335 g/mol. The Balaban J connectivity index is 1.94. The minimum absolute atomic E-state index is 0.0814. The Morgan fingerprint density at radius 3 is 2.87 bits per heavy atom. The first-order valence-corrected chi connectivity index (χ1v) is 9.41. The van der Waals surface area contributed by atoms with Gasteiger partial charge in [-0.3, -0.25) is 4.90 Å². The van der Waals surface area contributed by atoms with Crippen molar-refractivity contribution in [1.82, 2.24) is 15.2 Å². The Hall–Kier alpha value is -1.04. The highest BCUT2D eigenvalue weighted by molar-refractivity contribution is 7.18. The molecule has 2 heterocycles. The molecule has 1 saturated heterocycles. The second-order valence-electron chi connectivity index (χ2n) is 6.50. The number of hydrogen-bond donors (Lipinski definition) is 1. The average molecular weight is 335 g/mol. The molecule has 1 fully saturated rings. The molecule has 0 radical (unpaired) electrons. The molecular weight excluding hydrogens is 309 g/mol. The number of nitrogens with one attached hydrogen (secondary N) is 1. The van der Waals surface area contributed by atoms with E-state index in [0.717, 1.165) is 42.0 Å². The standard InChI is InChI=1S/C18H26FN3S/c1-5-13-10-22(14(6-2)9-20-13)11(3)15-7-8-16-18(17(15)19)23-12(4)21-16/h7-8,11,13-14,20H,5-6,9-10H2,1-4H3/t11?,13-,14+/m0/s1. The predicted molar refractivity (Wildman–Crippen MR) is 95.6 cm³/mol. The van der Waals surface area contributed by atoms with Gasteiger partial charge in [0, 0.05) is 36.8 Å². The molecule has 3 nitrogen and oxygen atoms in total. The van der Waals surface area contributed by atoms with E-state index < -0.39 is 0 Å². The summed E-state index contributed by atoms with van der Waals surface area (Å²) in [5.41, 5.74) is 1.58. The van der Waals surface area contributed by atoms with E-state index in [2.05, 4.69) is 36.0 Å². The maximum atomic E-state index is 15.0. The van der Waals surface area contributed by atoms with Crippen LogP contribution in [0.15, 0.2) is 12.1 Å². The van der Waals surface area contributed by atoms with Crippen LogP contribution in [-0.2, 0) is 0 Å². The Bertz CT molecular complexity index is 684. The van der Waals surface area contributed by atoms with Crippen LogP contribution in [-0.4, -0.2) is 35.1 Å². The highest BCUT2D eigenvalue weighted by Crippen LogP contribution is 2.33. The van der Waals surface area contributed by atoms with Crippen molar-refractivity contribution in [2.75, 3.05) is 13.1 Å². The van der Waals surface area contributed by atoms with E-state index >= 15 is 4.39 Å². The zero-order valence-electron chi connectivity index (χ0n) is 14.4. The number of aryl methyl sites for hydroxylation is 1. The summed E-state index contributed by atoms with van der Waals surface area (Å²) in [6.45, 7) is 10.5. The zero-order valence-corrected chi connectivity index (χ0v) is 15.2. The van der Waals surface area contributed by atoms with Gasteiger partial charge >= 0.3 is 0 Å². The maximum Gasteiger partial charge on any atom is 0.147 e. The predicted octanol–water partition coefficient (Wildman–Crippen LogP) is 4.27. The topological polar surface area (TPSA) is 28.2 Å². The van der Waals surface area contributed by atoms with Gasteiger partial charge in [0.1, 0.15) is 5.82 Å². The Labute approximate surface area is 141 Å².